The summed E-state index contributed by atoms with van der Waals surface area (Å²) in [5, 5.41) is 21.6. The van der Waals surface area contributed by atoms with Crippen LogP contribution in [-0.2, 0) is 0 Å². The van der Waals surface area contributed by atoms with Crippen LogP contribution in [0.2, 0.25) is 0 Å². The highest BCUT2D eigenvalue weighted by Crippen LogP contribution is 2.32. The first-order valence-electron chi connectivity index (χ1n) is 6.08. The maximum atomic E-state index is 11.0. The molecule has 0 amide bonds. The fourth-order valence-electron chi connectivity index (χ4n) is 1.91. The van der Waals surface area contributed by atoms with E-state index in [9.17, 15) is 9.90 Å². The van der Waals surface area contributed by atoms with E-state index in [0.717, 1.165) is 10.8 Å². The Balaban J connectivity index is 2.04. The largest absolute Gasteiger partial charge is 0.508 e. The molecule has 0 fully saturated rings. The third-order valence-electron chi connectivity index (χ3n) is 2.90. The summed E-state index contributed by atoms with van der Waals surface area (Å²) in [5.41, 5.74) is 0.176. The van der Waals surface area contributed by atoms with Crippen molar-refractivity contribution in [1.29, 1.82) is 0 Å². The van der Waals surface area contributed by atoms with Crippen molar-refractivity contribution in [2.24, 2.45) is 0 Å². The second-order valence-corrected chi connectivity index (χ2v) is 5.32. The van der Waals surface area contributed by atoms with Crippen LogP contribution in [0.1, 0.15) is 10.4 Å². The molecule has 6 heteroatoms. The zero-order valence-electron chi connectivity index (χ0n) is 10.7. The number of carboxylic acid groups (broad SMARTS) is 1. The Morgan fingerprint density at radius 2 is 1.86 bits per heavy atom. The lowest BCUT2D eigenvalue weighted by Gasteiger charge is -2.05. The third-order valence-corrected chi connectivity index (χ3v) is 3.85. The Bertz CT molecular complexity index is 836. The van der Waals surface area contributed by atoms with Crippen LogP contribution in [0.15, 0.2) is 58.8 Å². The van der Waals surface area contributed by atoms with E-state index < -0.39 is 5.97 Å². The van der Waals surface area contributed by atoms with E-state index in [2.05, 4.69) is 9.97 Å². The normalized spacial score (nSPS) is 10.7. The summed E-state index contributed by atoms with van der Waals surface area (Å²) in [6, 6.07) is 9.83. The van der Waals surface area contributed by atoms with Crippen molar-refractivity contribution in [3.63, 3.8) is 0 Å². The van der Waals surface area contributed by atoms with Gasteiger partial charge in [-0.2, -0.15) is 0 Å². The molecule has 3 rings (SSSR count). The maximum absolute atomic E-state index is 11.0. The first-order valence-corrected chi connectivity index (χ1v) is 6.90. The molecule has 0 atom stereocenters. The fraction of sp³-hybridized carbons (Fsp3) is 0. The number of hydrogen-bond acceptors (Lipinski definition) is 5. The molecule has 21 heavy (non-hydrogen) atoms. The van der Waals surface area contributed by atoms with Crippen LogP contribution < -0.4 is 0 Å². The summed E-state index contributed by atoms with van der Waals surface area (Å²) in [5.74, 6) is -0.840. The van der Waals surface area contributed by atoms with Gasteiger partial charge >= 0.3 is 5.97 Å². The monoisotopic (exact) mass is 298 g/mol. The molecule has 0 unspecified atom stereocenters. The Kier molecular flexibility index (Phi) is 3.45. The van der Waals surface area contributed by atoms with Gasteiger partial charge in [-0.05, 0) is 47.5 Å². The van der Waals surface area contributed by atoms with Crippen molar-refractivity contribution in [2.75, 3.05) is 0 Å². The number of fused-ring (bicyclic) bond motifs is 1. The Morgan fingerprint density at radius 1 is 1.05 bits per heavy atom. The molecule has 1 aromatic carbocycles. The number of aromatic nitrogens is 2. The number of phenolic OH excluding ortho intramolecular Hbond substituents is 1. The van der Waals surface area contributed by atoms with Crippen LogP contribution in [0.5, 0.6) is 5.75 Å². The number of benzene rings is 1. The van der Waals surface area contributed by atoms with Gasteiger partial charge in [-0.15, -0.1) is 0 Å². The minimum Gasteiger partial charge on any atom is -0.508 e. The zero-order chi connectivity index (χ0) is 14.8. The lowest BCUT2D eigenvalue weighted by molar-refractivity contribution is 0.0696. The predicted octanol–water partition coefficient (Wildman–Crippen LogP) is 3.18. The molecule has 3 aromatic rings. The smallest absolute Gasteiger partial charge is 0.335 e. The van der Waals surface area contributed by atoms with Crippen LogP contribution in [0.4, 0.5) is 0 Å². The maximum Gasteiger partial charge on any atom is 0.335 e. The second-order valence-electron chi connectivity index (χ2n) is 4.31. The molecule has 2 heterocycles. The van der Waals surface area contributed by atoms with Crippen molar-refractivity contribution >= 4 is 28.5 Å². The molecular formula is C15H10N2O3S. The van der Waals surface area contributed by atoms with Gasteiger partial charge in [0, 0.05) is 17.8 Å². The molecule has 5 nitrogen and oxygen atoms in total. The van der Waals surface area contributed by atoms with Gasteiger partial charge in [0.05, 0.1) is 5.56 Å². The summed E-state index contributed by atoms with van der Waals surface area (Å²) in [4.78, 5) is 19.4. The van der Waals surface area contributed by atoms with Gasteiger partial charge in [0.25, 0.3) is 0 Å². The summed E-state index contributed by atoms with van der Waals surface area (Å²) < 4.78 is 0. The van der Waals surface area contributed by atoms with E-state index in [1.165, 1.54) is 30.1 Å². The molecule has 2 aromatic heterocycles. The van der Waals surface area contributed by atoms with Gasteiger partial charge in [0.2, 0.25) is 0 Å². The van der Waals surface area contributed by atoms with Crippen LogP contribution in [0.3, 0.4) is 0 Å². The van der Waals surface area contributed by atoms with E-state index in [1.54, 1.807) is 24.4 Å². The van der Waals surface area contributed by atoms with Gasteiger partial charge in [0.1, 0.15) is 15.8 Å². The molecule has 0 aliphatic rings. The van der Waals surface area contributed by atoms with E-state index in [0.29, 0.717) is 10.1 Å². The molecular weight excluding hydrogens is 288 g/mol. The number of hydrogen-bond donors (Lipinski definition) is 2. The minimum absolute atomic E-state index is 0.157. The lowest BCUT2D eigenvalue weighted by Crippen LogP contribution is -1.96. The number of rotatable bonds is 3. The average Bonchev–Trinajstić information content (AvgIpc) is 2.48. The van der Waals surface area contributed by atoms with Crippen molar-refractivity contribution in [3.8, 4) is 5.75 Å². The summed E-state index contributed by atoms with van der Waals surface area (Å²) >= 11 is 1.26. The molecule has 0 radical (unpaired) electrons. The number of pyridine rings is 2. The molecule has 2 N–H and O–H groups in total. The van der Waals surface area contributed by atoms with Crippen LogP contribution >= 0.6 is 11.8 Å². The molecule has 0 saturated carbocycles. The molecule has 0 aliphatic carbocycles. The minimum atomic E-state index is -0.997. The highest BCUT2D eigenvalue weighted by atomic mass is 32.2. The molecule has 0 saturated heterocycles. The van der Waals surface area contributed by atoms with Crippen molar-refractivity contribution in [3.05, 3.63) is 54.4 Å². The quantitative estimate of drug-likeness (QED) is 0.772. The van der Waals surface area contributed by atoms with E-state index >= 15 is 0 Å². The number of aromatic hydroxyl groups is 1. The van der Waals surface area contributed by atoms with Crippen LogP contribution in [0, 0.1) is 0 Å². The van der Waals surface area contributed by atoms with Crippen molar-refractivity contribution < 1.29 is 15.0 Å². The molecule has 0 spiro atoms. The zero-order valence-corrected chi connectivity index (χ0v) is 11.5. The van der Waals surface area contributed by atoms with Gasteiger partial charge in [-0.25, -0.2) is 14.8 Å². The average molecular weight is 298 g/mol. The number of carboxylic acids is 1. The molecule has 0 bridgehead atoms. The van der Waals surface area contributed by atoms with E-state index in [-0.39, 0.29) is 11.3 Å². The van der Waals surface area contributed by atoms with Crippen LogP contribution in [-0.4, -0.2) is 26.2 Å². The first-order chi connectivity index (χ1) is 10.1. The molecule has 0 aliphatic heterocycles. The first kappa shape index (κ1) is 13.4. The van der Waals surface area contributed by atoms with Crippen LogP contribution in [0.25, 0.3) is 10.8 Å². The number of nitrogens with zero attached hydrogens (tertiary/aromatic N) is 2. The Hall–Kier alpha value is -2.60. The van der Waals surface area contributed by atoms with Crippen molar-refractivity contribution in [2.45, 2.75) is 10.1 Å². The number of phenols is 1. The van der Waals surface area contributed by atoms with Crippen molar-refractivity contribution in [1.82, 2.24) is 9.97 Å². The summed E-state index contributed by atoms with van der Waals surface area (Å²) in [7, 11) is 0. The third kappa shape index (κ3) is 2.80. The van der Waals surface area contributed by atoms with Gasteiger partial charge in [0.15, 0.2) is 0 Å². The highest BCUT2D eigenvalue weighted by molar-refractivity contribution is 7.99. The van der Waals surface area contributed by atoms with E-state index in [4.69, 9.17) is 5.11 Å². The topological polar surface area (TPSA) is 83.3 Å². The van der Waals surface area contributed by atoms with Gasteiger partial charge < -0.3 is 10.2 Å². The molecule has 104 valence electrons. The number of aromatic carboxylic acids is 1. The van der Waals surface area contributed by atoms with E-state index in [1.807, 2.05) is 6.07 Å². The van der Waals surface area contributed by atoms with Gasteiger partial charge in [-0.1, -0.05) is 6.07 Å². The second kappa shape index (κ2) is 5.41. The number of carbonyl (C=O) groups is 1. The SMILES string of the molecule is O=C(O)c1ccnc(Sc2nccc3ccc(O)cc23)c1. The van der Waals surface area contributed by atoms with Gasteiger partial charge in [-0.3, -0.25) is 0 Å². The Labute approximate surface area is 124 Å². The summed E-state index contributed by atoms with van der Waals surface area (Å²) in [6.07, 6.45) is 3.12. The highest BCUT2D eigenvalue weighted by Gasteiger charge is 2.09. The standard InChI is InChI=1S/C15H10N2O3S/c18-11-2-1-9-3-6-17-14(12(9)8-11)21-13-7-10(15(19)20)4-5-16-13/h1-8,18H,(H,19,20). The predicted molar refractivity (Wildman–Crippen MR) is 78.7 cm³/mol. The Morgan fingerprint density at radius 3 is 2.67 bits per heavy atom. The fourth-order valence-corrected chi connectivity index (χ4v) is 2.81. The summed E-state index contributed by atoms with van der Waals surface area (Å²) in [6.45, 7) is 0. The lowest BCUT2D eigenvalue weighted by atomic mass is 10.2.